The number of hydrogen-bond donors (Lipinski definition) is 3. The van der Waals surface area contributed by atoms with E-state index in [9.17, 15) is 22.8 Å². The van der Waals surface area contributed by atoms with Crippen molar-refractivity contribution in [1.82, 2.24) is 14.9 Å². The number of ether oxygens (including phenoxy) is 1. The Bertz CT molecular complexity index is 1510. The molecule has 1 aliphatic heterocycles. The van der Waals surface area contributed by atoms with Crippen LogP contribution in [0.4, 0.5) is 33.9 Å². The van der Waals surface area contributed by atoms with E-state index in [1.807, 2.05) is 0 Å². The second-order valence-electron chi connectivity index (χ2n) is 11.2. The van der Waals surface area contributed by atoms with Gasteiger partial charge in [0.1, 0.15) is 17.7 Å². The molecule has 0 bridgehead atoms. The molecule has 234 valence electrons. The van der Waals surface area contributed by atoms with Crippen LogP contribution in [0.25, 0.3) is 0 Å². The second-order valence-corrected chi connectivity index (χ2v) is 11.6. The quantitative estimate of drug-likeness (QED) is 0.254. The van der Waals surface area contributed by atoms with E-state index in [0.717, 1.165) is 38.0 Å². The van der Waals surface area contributed by atoms with Gasteiger partial charge in [-0.2, -0.15) is 13.2 Å². The van der Waals surface area contributed by atoms with Crippen molar-refractivity contribution in [2.24, 2.45) is 11.7 Å². The Morgan fingerprint density at radius 1 is 1.11 bits per heavy atom. The number of methoxy groups -OCH3 is 1. The number of amides is 3. The first-order valence-electron chi connectivity index (χ1n) is 14.0. The summed E-state index contributed by atoms with van der Waals surface area (Å²) in [5, 5.41) is 5.06. The minimum atomic E-state index is -4.93. The van der Waals surface area contributed by atoms with Crippen molar-refractivity contribution in [1.29, 1.82) is 0 Å². The molecule has 14 heteroatoms. The number of nitrogens with zero attached hydrogens (tertiary/aromatic N) is 3. The highest BCUT2D eigenvalue weighted by Gasteiger charge is 2.63. The van der Waals surface area contributed by atoms with Gasteiger partial charge in [-0.1, -0.05) is 30.5 Å². The van der Waals surface area contributed by atoms with Crippen LogP contribution >= 0.6 is 11.6 Å². The van der Waals surface area contributed by atoms with E-state index in [1.54, 1.807) is 24.5 Å². The number of alkyl halides is 3. The topological polar surface area (TPSA) is 122 Å². The largest absolute Gasteiger partial charge is 0.419 e. The van der Waals surface area contributed by atoms with Crippen molar-refractivity contribution < 1.29 is 31.9 Å². The molecule has 4 N–H and O–H groups in total. The molecule has 5 rings (SSSR count). The molecule has 1 aromatic carbocycles. The van der Waals surface area contributed by atoms with Crippen molar-refractivity contribution in [3.8, 4) is 0 Å². The third-order valence-corrected chi connectivity index (χ3v) is 8.56. The Kier molecular flexibility index (Phi) is 8.83. The fraction of sp³-hybridized carbons (Fsp3) is 0.400. The number of benzene rings is 1. The second kappa shape index (κ2) is 12.3. The predicted octanol–water partition coefficient (Wildman–Crippen LogP) is 5.85. The predicted molar refractivity (Wildman–Crippen MR) is 155 cm³/mol. The highest BCUT2D eigenvalue weighted by molar-refractivity contribution is 6.30. The summed E-state index contributed by atoms with van der Waals surface area (Å²) in [6, 6.07) is 7.65. The third-order valence-electron chi connectivity index (χ3n) is 8.34. The average Bonchev–Trinajstić information content (AvgIpc) is 3.74. The van der Waals surface area contributed by atoms with E-state index >= 15 is 4.39 Å². The zero-order valence-corrected chi connectivity index (χ0v) is 24.5. The molecule has 1 aliphatic carbocycles. The minimum absolute atomic E-state index is 0.000763. The number of nitrogens with two attached hydrogens (primary N) is 1. The third kappa shape index (κ3) is 6.49. The number of nitrogens with one attached hydrogen (secondary N) is 2. The Hall–Kier alpha value is -3.81. The van der Waals surface area contributed by atoms with Gasteiger partial charge in [0.05, 0.1) is 22.8 Å². The zero-order valence-electron chi connectivity index (χ0n) is 23.7. The van der Waals surface area contributed by atoms with E-state index in [4.69, 9.17) is 22.1 Å². The number of carbonyl (C=O) groups is 2. The SMILES string of the molecule is CO[C@]1(C(F)(F)F)C[C@H](C(=O)Nc2cc(C(N)(CCC3CC3)c3ccncc3)ccc2F)N(C(=O)Nc2ccc(Cl)cn2)C1. The molecule has 3 aromatic rings. The van der Waals surface area contributed by atoms with Crippen LogP contribution in [0.3, 0.4) is 0 Å². The number of halogens is 5. The fourth-order valence-corrected chi connectivity index (χ4v) is 5.59. The summed E-state index contributed by atoms with van der Waals surface area (Å²) in [6.07, 6.45) is 2.19. The molecule has 3 atom stereocenters. The van der Waals surface area contributed by atoms with Gasteiger partial charge in [0.25, 0.3) is 0 Å². The van der Waals surface area contributed by atoms with Crippen molar-refractivity contribution in [2.75, 3.05) is 24.3 Å². The standard InChI is InChI=1S/C30H31ClF4N6O3/c1-44-28(30(33,34)35)15-24(41(17-28)27(43)40-25-7-5-21(31)16-38-25)26(42)39-23-14-20(4-6-22(23)32)29(36,11-8-18-2-3-18)19-9-12-37-13-10-19/h4-7,9-10,12-14,16,18,24H,2-3,8,11,15,17,36H2,1H3,(H,39,42)(H,38,40,43)/t24-,28-,29?/m1/s1. The average molecular weight is 635 g/mol. The van der Waals surface area contributed by atoms with Crippen LogP contribution in [0, 0.1) is 11.7 Å². The lowest BCUT2D eigenvalue weighted by Crippen LogP contribution is -2.50. The maximum absolute atomic E-state index is 15.1. The van der Waals surface area contributed by atoms with Gasteiger partial charge in [-0.3, -0.25) is 15.1 Å². The Morgan fingerprint density at radius 3 is 2.45 bits per heavy atom. The van der Waals surface area contributed by atoms with Gasteiger partial charge in [-0.15, -0.1) is 0 Å². The first kappa shape index (κ1) is 31.6. The lowest BCUT2D eigenvalue weighted by molar-refractivity contribution is -0.263. The van der Waals surface area contributed by atoms with Crippen LogP contribution in [0.15, 0.2) is 61.1 Å². The maximum Gasteiger partial charge on any atom is 0.419 e. The molecule has 2 aromatic heterocycles. The zero-order chi connectivity index (χ0) is 31.7. The van der Waals surface area contributed by atoms with Crippen LogP contribution in [0.2, 0.25) is 5.02 Å². The van der Waals surface area contributed by atoms with Gasteiger partial charge in [0.15, 0.2) is 5.60 Å². The fourth-order valence-electron chi connectivity index (χ4n) is 5.48. The molecular weight excluding hydrogens is 604 g/mol. The van der Waals surface area contributed by atoms with Gasteiger partial charge in [0, 0.05) is 32.1 Å². The van der Waals surface area contributed by atoms with Gasteiger partial charge in [0.2, 0.25) is 5.91 Å². The molecule has 0 spiro atoms. The Morgan fingerprint density at radius 2 is 1.84 bits per heavy atom. The summed E-state index contributed by atoms with van der Waals surface area (Å²) in [5.74, 6) is -1.31. The summed E-state index contributed by atoms with van der Waals surface area (Å²) in [5.41, 5.74) is 4.02. The number of hydrogen-bond acceptors (Lipinski definition) is 6. The van der Waals surface area contributed by atoms with E-state index in [1.165, 1.54) is 30.5 Å². The van der Waals surface area contributed by atoms with Crippen molar-refractivity contribution >= 4 is 35.0 Å². The molecule has 3 amide bonds. The van der Waals surface area contributed by atoms with Gasteiger partial charge in [-0.05, 0) is 66.3 Å². The summed E-state index contributed by atoms with van der Waals surface area (Å²) >= 11 is 5.82. The maximum atomic E-state index is 15.1. The molecule has 2 fully saturated rings. The number of aromatic nitrogens is 2. The highest BCUT2D eigenvalue weighted by atomic mass is 35.5. The molecule has 1 saturated heterocycles. The van der Waals surface area contributed by atoms with Crippen LogP contribution in [-0.2, 0) is 15.1 Å². The Balaban J connectivity index is 1.44. The molecule has 3 heterocycles. The summed E-state index contributed by atoms with van der Waals surface area (Å²) in [6.45, 7) is -0.984. The number of anilines is 2. The van der Waals surface area contributed by atoms with Gasteiger partial charge >= 0.3 is 12.2 Å². The molecule has 9 nitrogen and oxygen atoms in total. The molecule has 1 unspecified atom stereocenters. The number of urea groups is 1. The number of likely N-dealkylation sites (tertiary alicyclic amines) is 1. The molecule has 2 aliphatic rings. The van der Waals surface area contributed by atoms with Gasteiger partial charge < -0.3 is 20.7 Å². The van der Waals surface area contributed by atoms with Crippen LogP contribution in [0.1, 0.15) is 43.2 Å². The monoisotopic (exact) mass is 634 g/mol. The first-order valence-corrected chi connectivity index (χ1v) is 14.3. The summed E-state index contributed by atoms with van der Waals surface area (Å²) in [7, 11) is 0.856. The van der Waals surface area contributed by atoms with Crippen LogP contribution in [-0.4, -0.2) is 58.3 Å². The van der Waals surface area contributed by atoms with E-state index < -0.39 is 54.1 Å². The minimum Gasteiger partial charge on any atom is -0.367 e. The Labute approximate surface area is 256 Å². The van der Waals surface area contributed by atoms with Crippen LogP contribution < -0.4 is 16.4 Å². The highest BCUT2D eigenvalue weighted by Crippen LogP contribution is 2.44. The number of pyridine rings is 2. The van der Waals surface area contributed by atoms with Crippen LogP contribution in [0.5, 0.6) is 0 Å². The van der Waals surface area contributed by atoms with Crippen molar-refractivity contribution in [3.05, 3.63) is 83.0 Å². The lowest BCUT2D eigenvalue weighted by atomic mass is 9.79. The smallest absolute Gasteiger partial charge is 0.367 e. The molecule has 1 saturated carbocycles. The van der Waals surface area contributed by atoms with Gasteiger partial charge in [-0.25, -0.2) is 14.2 Å². The summed E-state index contributed by atoms with van der Waals surface area (Å²) < 4.78 is 62.6. The number of carbonyl (C=O) groups excluding carboxylic acids is 2. The van der Waals surface area contributed by atoms with Crippen molar-refractivity contribution in [2.45, 2.75) is 55.5 Å². The van der Waals surface area contributed by atoms with E-state index in [2.05, 4.69) is 20.6 Å². The van der Waals surface area contributed by atoms with E-state index in [0.29, 0.717) is 22.8 Å². The summed E-state index contributed by atoms with van der Waals surface area (Å²) in [4.78, 5) is 35.4. The molecule has 0 radical (unpaired) electrons. The normalized spacial score (nSPS) is 21.5. The van der Waals surface area contributed by atoms with Crippen molar-refractivity contribution in [3.63, 3.8) is 0 Å². The molecular formula is C30H31ClF4N6O3. The number of rotatable bonds is 9. The van der Waals surface area contributed by atoms with E-state index in [-0.39, 0.29) is 16.5 Å². The first-order chi connectivity index (χ1) is 20.8. The molecule has 44 heavy (non-hydrogen) atoms. The lowest BCUT2D eigenvalue weighted by Gasteiger charge is -2.31.